The molecule has 1 saturated heterocycles. The molecule has 0 aromatic carbocycles. The lowest BCUT2D eigenvalue weighted by Crippen LogP contribution is -2.65. The van der Waals surface area contributed by atoms with Crippen molar-refractivity contribution in [3.05, 3.63) is 12.2 Å². The van der Waals surface area contributed by atoms with Crippen LogP contribution in [0.15, 0.2) is 12.2 Å². The monoisotopic (exact) mass is 870 g/mol. The van der Waals surface area contributed by atoms with Gasteiger partial charge in [-0.05, 0) is 80.2 Å². The molecular weight excluding hydrogens is 808 g/mol. The first kappa shape index (κ1) is 43.8. The molecule has 1 saturated carbocycles. The predicted molar refractivity (Wildman–Crippen MR) is 208 cm³/mol. The van der Waals surface area contributed by atoms with E-state index in [1.165, 1.54) is 0 Å². The van der Waals surface area contributed by atoms with Crippen molar-refractivity contribution in [2.24, 2.45) is 11.3 Å². The SMILES string of the molecule is CO[C@@]1(CC/C=C\CCCCNS(=O)(=O)CC[Si](C)(C)C)CC[C@H](CCI)[C@@]2(COS(C)(=O)=O)CCN(S(=O)(=O)CC[Si](C)(C)C)[C@@H]12. The Morgan fingerprint density at radius 2 is 1.53 bits per heavy atom. The van der Waals surface area contributed by atoms with E-state index in [2.05, 4.69) is 78.7 Å². The van der Waals surface area contributed by atoms with Crippen molar-refractivity contribution in [3.63, 3.8) is 0 Å². The minimum absolute atomic E-state index is 0.0410. The lowest BCUT2D eigenvalue weighted by molar-refractivity contribution is -0.146. The highest BCUT2D eigenvalue weighted by Gasteiger charge is 2.65. The van der Waals surface area contributed by atoms with Crippen molar-refractivity contribution in [2.75, 3.05) is 49.0 Å². The van der Waals surface area contributed by atoms with Crippen molar-refractivity contribution in [3.8, 4) is 0 Å². The smallest absolute Gasteiger partial charge is 0.264 e. The molecule has 4 atom stereocenters. The van der Waals surface area contributed by atoms with Crippen LogP contribution in [-0.4, -0.2) is 106 Å². The minimum atomic E-state index is -3.74. The molecule has 0 unspecified atom stereocenters. The van der Waals surface area contributed by atoms with E-state index in [0.29, 0.717) is 44.8 Å². The van der Waals surface area contributed by atoms with E-state index < -0.39 is 63.4 Å². The molecule has 16 heteroatoms. The van der Waals surface area contributed by atoms with Gasteiger partial charge in [0.25, 0.3) is 10.1 Å². The van der Waals surface area contributed by atoms with Gasteiger partial charge in [0.05, 0.1) is 36.0 Å². The first-order valence-electron chi connectivity index (χ1n) is 17.1. The molecule has 0 amide bonds. The van der Waals surface area contributed by atoms with E-state index in [4.69, 9.17) is 8.92 Å². The lowest BCUT2D eigenvalue weighted by atomic mass is 9.57. The van der Waals surface area contributed by atoms with Crippen LogP contribution in [0.1, 0.15) is 57.8 Å². The van der Waals surface area contributed by atoms with Crippen LogP contribution >= 0.6 is 22.6 Å². The maximum Gasteiger partial charge on any atom is 0.264 e. The molecule has 1 aliphatic heterocycles. The zero-order valence-electron chi connectivity index (χ0n) is 30.1. The zero-order valence-corrected chi connectivity index (χ0v) is 36.8. The van der Waals surface area contributed by atoms with Gasteiger partial charge in [-0.3, -0.25) is 4.18 Å². The van der Waals surface area contributed by atoms with Crippen LogP contribution in [0.2, 0.25) is 51.4 Å². The molecule has 2 rings (SSSR count). The molecule has 2 fully saturated rings. The quantitative estimate of drug-likeness (QED) is 0.0346. The molecule has 10 nitrogen and oxygen atoms in total. The van der Waals surface area contributed by atoms with Crippen LogP contribution in [0.5, 0.6) is 0 Å². The summed E-state index contributed by atoms with van der Waals surface area (Å²) in [6.07, 6.45) is 11.9. The van der Waals surface area contributed by atoms with Crippen molar-refractivity contribution in [1.29, 1.82) is 0 Å². The predicted octanol–water partition coefficient (Wildman–Crippen LogP) is 6.08. The number of methoxy groups -OCH3 is 1. The molecular formula is C31H63IN2O8S3Si2. The Morgan fingerprint density at radius 1 is 0.915 bits per heavy atom. The average Bonchev–Trinajstić information content (AvgIpc) is 3.36. The fraction of sp³-hybridized carbons (Fsp3) is 0.935. The summed E-state index contributed by atoms with van der Waals surface area (Å²) in [6.45, 7) is 13.8. The zero-order chi connectivity index (χ0) is 35.8. The number of nitrogens with one attached hydrogen (secondary N) is 1. The van der Waals surface area contributed by atoms with E-state index in [9.17, 15) is 25.3 Å². The first-order valence-corrected chi connectivity index (χ1v) is 31.1. The Bertz CT molecular complexity index is 1350. The fourth-order valence-corrected chi connectivity index (χ4v) is 17.2. The molecule has 2 aliphatic rings. The minimum Gasteiger partial charge on any atom is -0.377 e. The van der Waals surface area contributed by atoms with Gasteiger partial charge in [0.2, 0.25) is 20.0 Å². The van der Waals surface area contributed by atoms with Gasteiger partial charge in [-0.25, -0.2) is 21.6 Å². The van der Waals surface area contributed by atoms with Crippen molar-refractivity contribution >= 4 is 68.9 Å². The van der Waals surface area contributed by atoms with Gasteiger partial charge in [0, 0.05) is 41.8 Å². The number of rotatable bonds is 22. The summed E-state index contributed by atoms with van der Waals surface area (Å²) >= 11 is 2.35. The van der Waals surface area contributed by atoms with Gasteiger partial charge in [0.1, 0.15) is 0 Å². The summed E-state index contributed by atoms with van der Waals surface area (Å²) in [5, 5.41) is 0. The highest BCUT2D eigenvalue weighted by molar-refractivity contribution is 14.1. The van der Waals surface area contributed by atoms with E-state index in [0.717, 1.165) is 48.8 Å². The summed E-state index contributed by atoms with van der Waals surface area (Å²) in [4.78, 5) is 0. The molecule has 1 heterocycles. The third-order valence-corrected chi connectivity index (χ3v) is 18.5. The third kappa shape index (κ3) is 13.9. The second-order valence-corrected chi connectivity index (χ2v) is 34.0. The number of ether oxygens (including phenoxy) is 1. The summed E-state index contributed by atoms with van der Waals surface area (Å²) in [5.74, 6) is 0.408. The number of unbranched alkanes of at least 4 members (excludes halogenated alkanes) is 2. The van der Waals surface area contributed by atoms with E-state index in [-0.39, 0.29) is 24.0 Å². The molecule has 0 aromatic heterocycles. The Kier molecular flexibility index (Phi) is 16.6. The molecule has 0 aromatic rings. The van der Waals surface area contributed by atoms with Gasteiger partial charge in [-0.2, -0.15) is 12.7 Å². The van der Waals surface area contributed by atoms with Gasteiger partial charge < -0.3 is 4.74 Å². The van der Waals surface area contributed by atoms with Gasteiger partial charge >= 0.3 is 0 Å². The van der Waals surface area contributed by atoms with E-state index in [1.54, 1.807) is 11.4 Å². The molecule has 1 aliphatic carbocycles. The van der Waals surface area contributed by atoms with Gasteiger partial charge in [-0.15, -0.1) is 0 Å². The summed E-state index contributed by atoms with van der Waals surface area (Å²) in [5.41, 5.74) is -1.44. The number of halogens is 1. The third-order valence-electron chi connectivity index (χ3n) is 9.87. The molecule has 278 valence electrons. The summed E-state index contributed by atoms with van der Waals surface area (Å²) in [6, 6.07) is 0.894. The van der Waals surface area contributed by atoms with Crippen LogP contribution in [0.4, 0.5) is 0 Å². The molecule has 0 radical (unpaired) electrons. The van der Waals surface area contributed by atoms with Crippen molar-refractivity contribution in [1.82, 2.24) is 9.03 Å². The number of sulfonamides is 2. The molecule has 47 heavy (non-hydrogen) atoms. The van der Waals surface area contributed by atoms with Gasteiger partial charge in [-0.1, -0.05) is 74.0 Å². The molecule has 1 N–H and O–H groups in total. The Hall–Kier alpha value is 0.594. The number of alkyl halides is 1. The van der Waals surface area contributed by atoms with Crippen LogP contribution in [-0.2, 0) is 39.1 Å². The number of hydrogen-bond donors (Lipinski definition) is 1. The van der Waals surface area contributed by atoms with Crippen LogP contribution in [0, 0.1) is 11.3 Å². The number of hydrogen-bond acceptors (Lipinski definition) is 8. The summed E-state index contributed by atoms with van der Waals surface area (Å²) < 4.78 is 94.5. The highest BCUT2D eigenvalue weighted by Crippen LogP contribution is 2.58. The first-order chi connectivity index (χ1) is 21.5. The Labute approximate surface area is 303 Å². The normalized spacial score (nSPS) is 26.7. The maximum atomic E-state index is 14.1. The number of allylic oxidation sites excluding steroid dienone is 2. The van der Waals surface area contributed by atoms with Crippen molar-refractivity contribution < 1.29 is 34.2 Å². The maximum absolute atomic E-state index is 14.1. The average molecular weight is 871 g/mol. The second-order valence-electron chi connectivity index (χ2n) is 16.1. The lowest BCUT2D eigenvalue weighted by Gasteiger charge is -2.56. The largest absolute Gasteiger partial charge is 0.377 e. The molecule has 0 bridgehead atoms. The standard InChI is InChI=1S/C31H63IN2O8S3Si2/c1-41-31(17-13-11-9-10-12-14-21-33-44(37,38)23-25-46(3,4)5)18-15-28(16-20-32)30(27-42-43(2,35)36)19-22-34(29(30)31)45(39,40)24-26-47(6,7)8/h9,11,28-29,33H,10,12-27H2,1-8H3/b11-9-/t28-,29-,30+,31+/m1/s1. The fourth-order valence-electron chi connectivity index (χ4n) is 7.10. The van der Waals surface area contributed by atoms with E-state index in [1.807, 2.05) is 0 Å². The Morgan fingerprint density at radius 3 is 2.11 bits per heavy atom. The van der Waals surface area contributed by atoms with Gasteiger partial charge in [0.15, 0.2) is 0 Å². The van der Waals surface area contributed by atoms with Crippen LogP contribution in [0.3, 0.4) is 0 Å². The number of fused-ring (bicyclic) bond motifs is 1. The van der Waals surface area contributed by atoms with Crippen LogP contribution in [0.25, 0.3) is 0 Å². The topological polar surface area (TPSA) is 136 Å². The van der Waals surface area contributed by atoms with Crippen LogP contribution < -0.4 is 4.72 Å². The summed E-state index contributed by atoms with van der Waals surface area (Å²) in [7, 11) is -12.0. The second kappa shape index (κ2) is 17.9. The van der Waals surface area contributed by atoms with E-state index >= 15 is 0 Å². The highest BCUT2D eigenvalue weighted by atomic mass is 127. The number of nitrogens with zero attached hydrogens (tertiary/aromatic N) is 1. The molecule has 0 spiro atoms. The Balaban J connectivity index is 2.20. The van der Waals surface area contributed by atoms with Crippen molar-refractivity contribution in [2.45, 2.75) is 121 Å².